The second-order valence-corrected chi connectivity index (χ2v) is 5.37. The van der Waals surface area contributed by atoms with Crippen molar-refractivity contribution >= 4 is 5.91 Å². The Kier molecular flexibility index (Phi) is 4.06. The van der Waals surface area contributed by atoms with Crippen LogP contribution in [0.5, 0.6) is 0 Å². The molecule has 0 saturated heterocycles. The number of hydrogen-bond acceptors (Lipinski definition) is 3. The van der Waals surface area contributed by atoms with Crippen molar-refractivity contribution in [1.82, 2.24) is 10.6 Å². The molecule has 3 rings (SSSR count). The summed E-state index contributed by atoms with van der Waals surface area (Å²) in [6.45, 7) is 3.78. The monoisotopic (exact) mass is 284 g/mol. The molecular formula is C17H20N2O2. The van der Waals surface area contributed by atoms with Crippen molar-refractivity contribution in [2.75, 3.05) is 13.1 Å². The van der Waals surface area contributed by atoms with Gasteiger partial charge in [0.1, 0.15) is 0 Å². The van der Waals surface area contributed by atoms with E-state index < -0.39 is 0 Å². The maximum atomic E-state index is 12.0. The van der Waals surface area contributed by atoms with E-state index in [0.717, 1.165) is 48.2 Å². The van der Waals surface area contributed by atoms with Gasteiger partial charge in [0.05, 0.1) is 18.6 Å². The Hall–Kier alpha value is -2.07. The quantitative estimate of drug-likeness (QED) is 0.887. The Bertz CT molecular complexity index is 620. The van der Waals surface area contributed by atoms with E-state index >= 15 is 0 Å². The van der Waals surface area contributed by atoms with Crippen LogP contribution in [-0.4, -0.2) is 19.0 Å². The van der Waals surface area contributed by atoms with Crippen LogP contribution in [0.25, 0.3) is 0 Å². The normalized spacial score (nSPS) is 15.4. The van der Waals surface area contributed by atoms with E-state index in [4.69, 9.17) is 4.42 Å². The maximum Gasteiger partial charge on any atom is 0.251 e. The number of nitrogens with one attached hydrogen (secondary N) is 2. The fraction of sp³-hybridized carbons (Fsp3) is 0.353. The number of rotatable bonds is 5. The molecule has 4 nitrogen and oxygen atoms in total. The molecule has 2 heterocycles. The van der Waals surface area contributed by atoms with Gasteiger partial charge in [0, 0.05) is 17.7 Å². The van der Waals surface area contributed by atoms with Crippen LogP contribution < -0.4 is 10.6 Å². The van der Waals surface area contributed by atoms with Gasteiger partial charge in [0.15, 0.2) is 0 Å². The molecule has 0 spiro atoms. The highest BCUT2D eigenvalue weighted by Gasteiger charge is 2.20. The van der Waals surface area contributed by atoms with E-state index in [1.54, 1.807) is 12.5 Å². The Labute approximate surface area is 124 Å². The second-order valence-electron chi connectivity index (χ2n) is 5.37. The van der Waals surface area contributed by atoms with E-state index in [1.165, 1.54) is 0 Å². The first-order valence-corrected chi connectivity index (χ1v) is 7.46. The van der Waals surface area contributed by atoms with Gasteiger partial charge < -0.3 is 15.1 Å². The van der Waals surface area contributed by atoms with Crippen LogP contribution >= 0.6 is 0 Å². The molecule has 0 bridgehead atoms. The zero-order valence-electron chi connectivity index (χ0n) is 12.2. The van der Waals surface area contributed by atoms with Crippen molar-refractivity contribution in [2.24, 2.45) is 0 Å². The summed E-state index contributed by atoms with van der Waals surface area (Å²) in [5.41, 5.74) is 4.11. The van der Waals surface area contributed by atoms with Gasteiger partial charge in [0.25, 0.3) is 5.91 Å². The van der Waals surface area contributed by atoms with Crippen LogP contribution in [0.2, 0.25) is 0 Å². The van der Waals surface area contributed by atoms with Crippen LogP contribution in [0.15, 0.2) is 41.2 Å². The standard InChI is InChI=1S/C17H20N2O2/c1-2-7-18-16(14-6-9-21-11-14)13-4-3-12-5-8-19-17(20)15(12)10-13/h3-4,6,9-11,16,18H,2,5,7-8H2,1H3,(H,19,20). The Morgan fingerprint density at radius 2 is 2.24 bits per heavy atom. The highest BCUT2D eigenvalue weighted by Crippen LogP contribution is 2.26. The molecule has 21 heavy (non-hydrogen) atoms. The third-order valence-corrected chi connectivity index (χ3v) is 3.87. The summed E-state index contributed by atoms with van der Waals surface area (Å²) >= 11 is 0. The van der Waals surface area contributed by atoms with Gasteiger partial charge in [-0.1, -0.05) is 19.1 Å². The third-order valence-electron chi connectivity index (χ3n) is 3.87. The van der Waals surface area contributed by atoms with Crippen LogP contribution in [0, 0.1) is 0 Å². The lowest BCUT2D eigenvalue weighted by atomic mass is 9.93. The zero-order chi connectivity index (χ0) is 14.7. The number of carbonyl (C=O) groups is 1. The lowest BCUT2D eigenvalue weighted by Crippen LogP contribution is -2.32. The first-order valence-electron chi connectivity index (χ1n) is 7.46. The molecule has 0 saturated carbocycles. The minimum absolute atomic E-state index is 0.0273. The Morgan fingerprint density at radius 1 is 1.33 bits per heavy atom. The van der Waals surface area contributed by atoms with Crippen molar-refractivity contribution in [3.05, 3.63) is 59.0 Å². The fourth-order valence-corrected chi connectivity index (χ4v) is 2.77. The molecule has 0 aliphatic carbocycles. The summed E-state index contributed by atoms with van der Waals surface area (Å²) in [5, 5.41) is 6.42. The highest BCUT2D eigenvalue weighted by atomic mass is 16.3. The van der Waals surface area contributed by atoms with E-state index in [-0.39, 0.29) is 11.9 Å². The van der Waals surface area contributed by atoms with Crippen LogP contribution in [0.1, 0.15) is 46.4 Å². The molecule has 4 heteroatoms. The highest BCUT2D eigenvalue weighted by molar-refractivity contribution is 5.96. The summed E-state index contributed by atoms with van der Waals surface area (Å²) in [6, 6.07) is 8.21. The number of benzene rings is 1. The summed E-state index contributed by atoms with van der Waals surface area (Å²) in [6.07, 6.45) is 5.40. The number of hydrogen-bond donors (Lipinski definition) is 2. The zero-order valence-corrected chi connectivity index (χ0v) is 12.2. The van der Waals surface area contributed by atoms with Crippen molar-refractivity contribution in [1.29, 1.82) is 0 Å². The molecular weight excluding hydrogens is 264 g/mol. The predicted octanol–water partition coefficient (Wildman–Crippen LogP) is 2.65. The molecule has 1 aromatic heterocycles. The smallest absolute Gasteiger partial charge is 0.251 e. The Morgan fingerprint density at radius 3 is 3.00 bits per heavy atom. The molecule has 1 amide bonds. The summed E-state index contributed by atoms with van der Waals surface area (Å²) in [5.74, 6) is 0.0273. The average Bonchev–Trinajstić information content (AvgIpc) is 3.02. The van der Waals surface area contributed by atoms with Crippen molar-refractivity contribution in [3.8, 4) is 0 Å². The van der Waals surface area contributed by atoms with Gasteiger partial charge in [-0.05, 0) is 42.6 Å². The molecule has 1 aliphatic rings. The molecule has 1 aromatic carbocycles. The lowest BCUT2D eigenvalue weighted by Gasteiger charge is -2.21. The lowest BCUT2D eigenvalue weighted by molar-refractivity contribution is 0.0946. The molecule has 1 atom stereocenters. The minimum atomic E-state index is 0.0273. The molecule has 1 unspecified atom stereocenters. The molecule has 110 valence electrons. The molecule has 1 aliphatic heterocycles. The molecule has 2 aromatic rings. The summed E-state index contributed by atoms with van der Waals surface area (Å²) < 4.78 is 5.21. The fourth-order valence-electron chi connectivity index (χ4n) is 2.77. The minimum Gasteiger partial charge on any atom is -0.472 e. The SMILES string of the molecule is CCCNC(c1ccoc1)c1ccc2c(c1)C(=O)NCC2. The Balaban J connectivity index is 1.95. The van der Waals surface area contributed by atoms with E-state index in [1.807, 2.05) is 12.1 Å². The van der Waals surface area contributed by atoms with Gasteiger partial charge in [-0.2, -0.15) is 0 Å². The van der Waals surface area contributed by atoms with Crippen molar-refractivity contribution < 1.29 is 9.21 Å². The van der Waals surface area contributed by atoms with Gasteiger partial charge >= 0.3 is 0 Å². The maximum absolute atomic E-state index is 12.0. The number of carbonyl (C=O) groups excluding carboxylic acids is 1. The number of amides is 1. The van der Waals surface area contributed by atoms with E-state index in [0.29, 0.717) is 0 Å². The first kappa shape index (κ1) is 13.9. The van der Waals surface area contributed by atoms with Gasteiger partial charge in [-0.15, -0.1) is 0 Å². The average molecular weight is 284 g/mol. The van der Waals surface area contributed by atoms with E-state index in [2.05, 4.69) is 29.7 Å². The van der Waals surface area contributed by atoms with Gasteiger partial charge in [-0.3, -0.25) is 4.79 Å². The number of furan rings is 1. The summed E-state index contributed by atoms with van der Waals surface area (Å²) in [4.78, 5) is 12.0. The molecule has 2 N–H and O–H groups in total. The third kappa shape index (κ3) is 2.85. The van der Waals surface area contributed by atoms with Crippen LogP contribution in [-0.2, 0) is 6.42 Å². The van der Waals surface area contributed by atoms with E-state index in [9.17, 15) is 4.79 Å². The van der Waals surface area contributed by atoms with Crippen LogP contribution in [0.3, 0.4) is 0 Å². The molecule has 0 radical (unpaired) electrons. The predicted molar refractivity (Wildman–Crippen MR) is 81.3 cm³/mol. The van der Waals surface area contributed by atoms with Crippen LogP contribution in [0.4, 0.5) is 0 Å². The number of fused-ring (bicyclic) bond motifs is 1. The summed E-state index contributed by atoms with van der Waals surface area (Å²) in [7, 11) is 0. The van der Waals surface area contributed by atoms with Gasteiger partial charge in [-0.25, -0.2) is 0 Å². The van der Waals surface area contributed by atoms with Crippen molar-refractivity contribution in [2.45, 2.75) is 25.8 Å². The van der Waals surface area contributed by atoms with Crippen molar-refractivity contribution in [3.63, 3.8) is 0 Å². The molecule has 0 fully saturated rings. The first-order chi connectivity index (χ1) is 10.3. The topological polar surface area (TPSA) is 54.3 Å². The van der Waals surface area contributed by atoms with Gasteiger partial charge in [0.2, 0.25) is 0 Å². The second kappa shape index (κ2) is 6.14. The largest absolute Gasteiger partial charge is 0.472 e.